The monoisotopic (exact) mass is 478 g/mol. The quantitative estimate of drug-likeness (QED) is 0.414. The van der Waals surface area contributed by atoms with Gasteiger partial charge in [-0.25, -0.2) is 0 Å². The van der Waals surface area contributed by atoms with Crippen molar-refractivity contribution in [2.75, 3.05) is 13.7 Å². The Kier molecular flexibility index (Phi) is 5.79. The van der Waals surface area contributed by atoms with Crippen molar-refractivity contribution < 1.29 is 14.1 Å². The highest BCUT2D eigenvalue weighted by molar-refractivity contribution is 6.32. The van der Waals surface area contributed by atoms with E-state index in [2.05, 4.69) is 20.3 Å². The molecule has 2 aromatic heterocycles. The summed E-state index contributed by atoms with van der Waals surface area (Å²) in [4.78, 5) is 21.6. The Bertz CT molecular complexity index is 1350. The van der Waals surface area contributed by atoms with Gasteiger partial charge in [0.05, 0.1) is 36.1 Å². The van der Waals surface area contributed by atoms with Crippen LogP contribution in [-0.4, -0.2) is 49.6 Å². The van der Waals surface area contributed by atoms with E-state index in [1.54, 1.807) is 29.4 Å². The van der Waals surface area contributed by atoms with Gasteiger partial charge in [0.1, 0.15) is 11.4 Å². The van der Waals surface area contributed by atoms with Gasteiger partial charge in [0.15, 0.2) is 5.82 Å². The van der Waals surface area contributed by atoms with Gasteiger partial charge in [-0.2, -0.15) is 20.0 Å². The maximum Gasteiger partial charge on any atom is 0.258 e. The van der Waals surface area contributed by atoms with Crippen LogP contribution in [0.5, 0.6) is 5.75 Å². The first-order chi connectivity index (χ1) is 16.5. The van der Waals surface area contributed by atoms with E-state index < -0.39 is 0 Å². The number of carbonyl (C=O) groups excluding carboxylic acids is 1. The molecule has 4 aromatic rings. The van der Waals surface area contributed by atoms with Crippen molar-refractivity contribution in [2.24, 2.45) is 0 Å². The molecule has 0 spiro atoms. The number of carbonyl (C=O) groups is 1. The normalized spacial score (nSPS) is 15.6. The number of nitrogens with zero attached hydrogens (tertiary/aromatic N) is 6. The molecule has 0 N–H and O–H groups in total. The minimum absolute atomic E-state index is 0.206. The van der Waals surface area contributed by atoms with Crippen LogP contribution in [0.4, 0.5) is 0 Å². The average molecular weight is 479 g/mol. The lowest BCUT2D eigenvalue weighted by atomic mass is 10.1. The topological polar surface area (TPSA) is 99.2 Å². The third kappa shape index (κ3) is 3.92. The summed E-state index contributed by atoms with van der Waals surface area (Å²) in [5, 5.41) is 13.0. The maximum absolute atomic E-state index is 13.8. The summed E-state index contributed by atoms with van der Waals surface area (Å²) in [6.07, 6.45) is 4.64. The van der Waals surface area contributed by atoms with Gasteiger partial charge in [0.2, 0.25) is 0 Å². The number of rotatable bonds is 5. The summed E-state index contributed by atoms with van der Waals surface area (Å²) in [5.74, 6) is 1.13. The van der Waals surface area contributed by atoms with Crippen molar-refractivity contribution in [1.82, 2.24) is 30.0 Å². The van der Waals surface area contributed by atoms with Gasteiger partial charge in [-0.15, -0.1) is 0 Å². The fraction of sp³-hybridized carbons (Fsp3) is 0.292. The van der Waals surface area contributed by atoms with Crippen LogP contribution in [0.15, 0.2) is 47.2 Å². The lowest BCUT2D eigenvalue weighted by Crippen LogP contribution is -2.32. The highest BCUT2D eigenvalue weighted by Gasteiger charge is 2.35. The van der Waals surface area contributed by atoms with Crippen molar-refractivity contribution in [3.05, 3.63) is 70.3 Å². The standard InChI is InChI=1S/C24H23ClN6O3/c1-14-6-7-15(2)16(11-14)23-28-22(29-34-23)19-5-4-10-30(19)24(32)17-12-21(33-3)18(25)13-20(17)31-26-8-9-27-31/h6-9,11-13,19H,4-5,10H2,1-3H3. The Balaban J connectivity index is 1.50. The molecule has 1 aliphatic rings. The zero-order chi connectivity index (χ0) is 23.8. The summed E-state index contributed by atoms with van der Waals surface area (Å²) >= 11 is 6.34. The summed E-state index contributed by atoms with van der Waals surface area (Å²) < 4.78 is 11.0. The SMILES string of the molecule is COc1cc(C(=O)N2CCCC2c2noc(-c3cc(C)ccc3C)n2)c(-n2nccn2)cc1Cl. The summed E-state index contributed by atoms with van der Waals surface area (Å²) in [7, 11) is 1.51. The van der Waals surface area contributed by atoms with E-state index in [9.17, 15) is 4.79 Å². The summed E-state index contributed by atoms with van der Waals surface area (Å²) in [6.45, 7) is 4.58. The molecule has 1 unspecified atom stereocenters. The second-order valence-corrected chi connectivity index (χ2v) is 8.66. The Morgan fingerprint density at radius 3 is 2.74 bits per heavy atom. The molecule has 1 atom stereocenters. The molecule has 34 heavy (non-hydrogen) atoms. The van der Waals surface area contributed by atoms with Crippen LogP contribution in [0.1, 0.15) is 46.2 Å². The Labute approximate surface area is 201 Å². The van der Waals surface area contributed by atoms with Crippen LogP contribution < -0.4 is 4.74 Å². The van der Waals surface area contributed by atoms with E-state index in [0.717, 1.165) is 29.5 Å². The number of benzene rings is 2. The summed E-state index contributed by atoms with van der Waals surface area (Å²) in [6, 6.07) is 9.03. The highest BCUT2D eigenvalue weighted by Crippen LogP contribution is 2.36. The van der Waals surface area contributed by atoms with Crippen molar-refractivity contribution in [3.63, 3.8) is 0 Å². The molecule has 3 heterocycles. The third-order valence-electron chi connectivity index (χ3n) is 6.01. The van der Waals surface area contributed by atoms with Gasteiger partial charge < -0.3 is 14.2 Å². The highest BCUT2D eigenvalue weighted by atomic mass is 35.5. The van der Waals surface area contributed by atoms with E-state index in [4.69, 9.17) is 20.9 Å². The molecule has 1 amide bonds. The zero-order valence-electron chi connectivity index (χ0n) is 19.0. The van der Waals surface area contributed by atoms with Crippen molar-refractivity contribution >= 4 is 17.5 Å². The maximum atomic E-state index is 13.8. The predicted octanol–water partition coefficient (Wildman–Crippen LogP) is 4.57. The molecule has 174 valence electrons. The largest absolute Gasteiger partial charge is 0.495 e. The van der Waals surface area contributed by atoms with Gasteiger partial charge in [-0.1, -0.05) is 34.5 Å². The van der Waals surface area contributed by atoms with Gasteiger partial charge in [-0.3, -0.25) is 4.79 Å². The number of hydrogen-bond acceptors (Lipinski definition) is 7. The molecule has 2 aromatic carbocycles. The molecule has 1 fully saturated rings. The second kappa shape index (κ2) is 8.90. The molecular weight excluding hydrogens is 456 g/mol. The number of hydrogen-bond donors (Lipinski definition) is 0. The Morgan fingerprint density at radius 2 is 1.97 bits per heavy atom. The molecule has 1 saturated heterocycles. The van der Waals surface area contributed by atoms with Crippen LogP contribution in [0.2, 0.25) is 5.02 Å². The van der Waals surface area contributed by atoms with Crippen molar-refractivity contribution in [2.45, 2.75) is 32.7 Å². The van der Waals surface area contributed by atoms with Gasteiger partial charge in [0.25, 0.3) is 11.8 Å². The molecular formula is C24H23ClN6O3. The molecule has 0 bridgehead atoms. The first-order valence-electron chi connectivity index (χ1n) is 10.9. The van der Waals surface area contributed by atoms with Gasteiger partial charge in [0, 0.05) is 12.1 Å². The first kappa shape index (κ1) is 22.1. The van der Waals surface area contributed by atoms with Crippen LogP contribution in [0.25, 0.3) is 17.1 Å². The molecule has 1 aliphatic heterocycles. The number of methoxy groups -OCH3 is 1. The minimum atomic E-state index is -0.310. The first-order valence-corrected chi connectivity index (χ1v) is 11.3. The van der Waals surface area contributed by atoms with Gasteiger partial charge >= 0.3 is 0 Å². The van der Waals surface area contributed by atoms with E-state index in [1.165, 1.54) is 11.9 Å². The van der Waals surface area contributed by atoms with E-state index in [1.807, 2.05) is 32.0 Å². The smallest absolute Gasteiger partial charge is 0.258 e. The molecule has 9 nitrogen and oxygen atoms in total. The van der Waals surface area contributed by atoms with Crippen molar-refractivity contribution in [1.29, 1.82) is 0 Å². The van der Waals surface area contributed by atoms with E-state index in [0.29, 0.717) is 40.3 Å². The fourth-order valence-corrected chi connectivity index (χ4v) is 4.49. The molecule has 5 rings (SSSR count). The number of halogens is 1. The van der Waals surface area contributed by atoms with E-state index in [-0.39, 0.29) is 11.9 Å². The van der Waals surface area contributed by atoms with Crippen LogP contribution in [0, 0.1) is 13.8 Å². The van der Waals surface area contributed by atoms with Crippen LogP contribution in [-0.2, 0) is 0 Å². The molecule has 0 radical (unpaired) electrons. The summed E-state index contributed by atoms with van der Waals surface area (Å²) in [5.41, 5.74) is 3.89. The Hall–Kier alpha value is -3.72. The fourth-order valence-electron chi connectivity index (χ4n) is 4.26. The van der Waals surface area contributed by atoms with Crippen molar-refractivity contribution in [3.8, 4) is 22.9 Å². The number of aromatic nitrogens is 5. The number of ether oxygens (including phenoxy) is 1. The van der Waals surface area contributed by atoms with Crippen LogP contribution in [0.3, 0.4) is 0 Å². The average Bonchev–Trinajstić information content (AvgIpc) is 3.61. The molecule has 10 heteroatoms. The second-order valence-electron chi connectivity index (χ2n) is 8.26. The van der Waals surface area contributed by atoms with Gasteiger partial charge in [-0.05, 0) is 50.5 Å². The third-order valence-corrected chi connectivity index (χ3v) is 6.31. The predicted molar refractivity (Wildman–Crippen MR) is 125 cm³/mol. The lowest BCUT2D eigenvalue weighted by Gasteiger charge is -2.23. The minimum Gasteiger partial charge on any atom is -0.495 e. The Morgan fingerprint density at radius 1 is 1.18 bits per heavy atom. The van der Waals surface area contributed by atoms with Crippen LogP contribution >= 0.6 is 11.6 Å². The lowest BCUT2D eigenvalue weighted by molar-refractivity contribution is 0.0727. The zero-order valence-corrected chi connectivity index (χ0v) is 19.8. The number of amides is 1. The van der Waals surface area contributed by atoms with E-state index >= 15 is 0 Å². The molecule has 0 aliphatic carbocycles. The number of aryl methyl sites for hydroxylation is 2. The number of likely N-dealkylation sites (tertiary alicyclic amines) is 1. The molecule has 0 saturated carbocycles.